The SMILES string of the molecule is COC1CCCC1n1nnnc1-c1cc(N)ccc1F. The fraction of sp³-hybridized carbons (Fsp3) is 0.462. The van der Waals surface area contributed by atoms with Crippen molar-refractivity contribution in [2.75, 3.05) is 12.8 Å². The van der Waals surface area contributed by atoms with Gasteiger partial charge in [-0.1, -0.05) is 0 Å². The van der Waals surface area contributed by atoms with Crippen LogP contribution in [0.25, 0.3) is 11.4 Å². The lowest BCUT2D eigenvalue weighted by atomic mass is 10.1. The van der Waals surface area contributed by atoms with Gasteiger partial charge < -0.3 is 10.5 Å². The van der Waals surface area contributed by atoms with E-state index in [9.17, 15) is 4.39 Å². The molecule has 0 bridgehead atoms. The molecule has 1 heterocycles. The predicted octanol–water partition coefficient (Wildman–Crippen LogP) is 1.80. The number of aromatic nitrogens is 4. The summed E-state index contributed by atoms with van der Waals surface area (Å²) in [7, 11) is 1.67. The monoisotopic (exact) mass is 277 g/mol. The summed E-state index contributed by atoms with van der Waals surface area (Å²) in [5.74, 6) is 0.00552. The van der Waals surface area contributed by atoms with E-state index in [1.165, 1.54) is 12.1 Å². The quantitative estimate of drug-likeness (QED) is 0.865. The highest BCUT2D eigenvalue weighted by atomic mass is 19.1. The summed E-state index contributed by atoms with van der Waals surface area (Å²) in [6, 6.07) is 4.42. The van der Waals surface area contributed by atoms with Crippen molar-refractivity contribution in [3.63, 3.8) is 0 Å². The maximum atomic E-state index is 14.0. The fourth-order valence-electron chi connectivity index (χ4n) is 2.77. The van der Waals surface area contributed by atoms with Crippen LogP contribution in [0, 0.1) is 5.82 Å². The molecule has 2 atom stereocenters. The third-order valence-electron chi connectivity index (χ3n) is 3.76. The van der Waals surface area contributed by atoms with E-state index in [1.807, 2.05) is 0 Å². The third-order valence-corrected chi connectivity index (χ3v) is 3.76. The van der Waals surface area contributed by atoms with E-state index >= 15 is 0 Å². The molecular formula is C13H16FN5O. The number of hydrogen-bond donors (Lipinski definition) is 1. The van der Waals surface area contributed by atoms with E-state index in [-0.39, 0.29) is 18.0 Å². The second kappa shape index (κ2) is 5.16. The number of nitrogen functional groups attached to an aromatic ring is 1. The van der Waals surface area contributed by atoms with Gasteiger partial charge in [0.2, 0.25) is 0 Å². The van der Waals surface area contributed by atoms with E-state index in [1.54, 1.807) is 17.9 Å². The van der Waals surface area contributed by atoms with E-state index in [0.717, 1.165) is 19.3 Å². The molecule has 1 saturated carbocycles. The van der Waals surface area contributed by atoms with Gasteiger partial charge in [0.05, 0.1) is 17.7 Å². The Balaban J connectivity index is 2.04. The highest BCUT2D eigenvalue weighted by Gasteiger charge is 2.32. The maximum Gasteiger partial charge on any atom is 0.185 e. The lowest BCUT2D eigenvalue weighted by molar-refractivity contribution is 0.0707. The van der Waals surface area contributed by atoms with Crippen LogP contribution in [0.4, 0.5) is 10.1 Å². The van der Waals surface area contributed by atoms with Crippen LogP contribution in [0.2, 0.25) is 0 Å². The van der Waals surface area contributed by atoms with Gasteiger partial charge in [0.25, 0.3) is 0 Å². The Hall–Kier alpha value is -2.02. The molecule has 1 aromatic heterocycles. The maximum absolute atomic E-state index is 14.0. The van der Waals surface area contributed by atoms with Crippen molar-refractivity contribution in [1.82, 2.24) is 20.2 Å². The number of nitrogens with zero attached hydrogens (tertiary/aromatic N) is 4. The van der Waals surface area contributed by atoms with Gasteiger partial charge in [-0.25, -0.2) is 9.07 Å². The number of rotatable bonds is 3. The molecule has 6 nitrogen and oxygen atoms in total. The van der Waals surface area contributed by atoms with Gasteiger partial charge in [-0.3, -0.25) is 0 Å². The second-order valence-electron chi connectivity index (χ2n) is 4.96. The molecular weight excluding hydrogens is 261 g/mol. The minimum atomic E-state index is -0.387. The highest BCUT2D eigenvalue weighted by molar-refractivity contribution is 5.61. The number of nitrogens with two attached hydrogens (primary N) is 1. The van der Waals surface area contributed by atoms with Crippen LogP contribution in [0.1, 0.15) is 25.3 Å². The van der Waals surface area contributed by atoms with Gasteiger partial charge in [0.15, 0.2) is 5.82 Å². The molecule has 0 spiro atoms. The Bertz CT molecular complexity index is 615. The Morgan fingerprint density at radius 2 is 2.25 bits per heavy atom. The normalized spacial score (nSPS) is 22.3. The zero-order valence-corrected chi connectivity index (χ0v) is 11.2. The van der Waals surface area contributed by atoms with Crippen LogP contribution in [0.5, 0.6) is 0 Å². The van der Waals surface area contributed by atoms with Crippen LogP contribution in [-0.2, 0) is 4.74 Å². The van der Waals surface area contributed by atoms with Crippen molar-refractivity contribution >= 4 is 5.69 Å². The molecule has 1 fully saturated rings. The van der Waals surface area contributed by atoms with Crippen molar-refractivity contribution in [2.45, 2.75) is 31.4 Å². The summed E-state index contributed by atoms with van der Waals surface area (Å²) < 4.78 is 21.1. The zero-order valence-electron chi connectivity index (χ0n) is 11.2. The smallest absolute Gasteiger partial charge is 0.185 e. The van der Waals surface area contributed by atoms with Crippen molar-refractivity contribution in [2.24, 2.45) is 0 Å². The zero-order chi connectivity index (χ0) is 14.1. The lowest BCUT2D eigenvalue weighted by Crippen LogP contribution is -2.22. The minimum Gasteiger partial charge on any atom is -0.399 e. The average molecular weight is 277 g/mol. The number of methoxy groups -OCH3 is 1. The lowest BCUT2D eigenvalue weighted by Gasteiger charge is -2.19. The molecule has 1 aliphatic rings. The molecule has 3 rings (SSSR count). The topological polar surface area (TPSA) is 78.8 Å². The summed E-state index contributed by atoms with van der Waals surface area (Å²) in [6.07, 6.45) is 2.98. The van der Waals surface area contributed by atoms with Gasteiger partial charge in [-0.05, 0) is 47.9 Å². The van der Waals surface area contributed by atoms with E-state index in [0.29, 0.717) is 17.1 Å². The standard InChI is InChI=1S/C13H16FN5O/c1-20-12-4-2-3-11(12)19-13(16-17-18-19)9-7-8(15)5-6-10(9)14/h5-7,11-12H,2-4,15H2,1H3. The predicted molar refractivity (Wildman–Crippen MR) is 71.3 cm³/mol. The molecule has 0 radical (unpaired) electrons. The van der Waals surface area contributed by atoms with E-state index in [4.69, 9.17) is 10.5 Å². The first-order chi connectivity index (χ1) is 9.70. The molecule has 1 aromatic carbocycles. The molecule has 20 heavy (non-hydrogen) atoms. The van der Waals surface area contributed by atoms with Crippen LogP contribution >= 0.6 is 0 Å². The van der Waals surface area contributed by atoms with Crippen LogP contribution in [0.15, 0.2) is 18.2 Å². The number of hydrogen-bond acceptors (Lipinski definition) is 5. The largest absolute Gasteiger partial charge is 0.399 e. The number of tetrazole rings is 1. The summed E-state index contributed by atoms with van der Waals surface area (Å²) in [5.41, 5.74) is 6.52. The van der Waals surface area contributed by atoms with Crippen LogP contribution < -0.4 is 5.73 Å². The van der Waals surface area contributed by atoms with Gasteiger partial charge in [0.1, 0.15) is 5.82 Å². The first kappa shape index (κ1) is 13.0. The molecule has 1 aliphatic carbocycles. The molecule has 2 unspecified atom stereocenters. The average Bonchev–Trinajstić information content (AvgIpc) is 3.08. The summed E-state index contributed by atoms with van der Waals surface area (Å²) in [5, 5.41) is 11.6. The second-order valence-corrected chi connectivity index (χ2v) is 4.96. The van der Waals surface area contributed by atoms with Gasteiger partial charge in [-0.15, -0.1) is 5.10 Å². The fourth-order valence-corrected chi connectivity index (χ4v) is 2.77. The van der Waals surface area contributed by atoms with E-state index < -0.39 is 0 Å². The number of anilines is 1. The Labute approximate surface area is 115 Å². The molecule has 0 aliphatic heterocycles. The van der Waals surface area contributed by atoms with Crippen molar-refractivity contribution in [3.8, 4) is 11.4 Å². The first-order valence-electron chi connectivity index (χ1n) is 6.56. The highest BCUT2D eigenvalue weighted by Crippen LogP contribution is 2.34. The molecule has 2 N–H and O–H groups in total. The van der Waals surface area contributed by atoms with Crippen molar-refractivity contribution in [3.05, 3.63) is 24.0 Å². The Kier molecular flexibility index (Phi) is 3.35. The summed E-state index contributed by atoms with van der Waals surface area (Å²) in [4.78, 5) is 0. The Morgan fingerprint density at radius 3 is 3.05 bits per heavy atom. The van der Waals surface area contributed by atoms with Gasteiger partial charge in [0, 0.05) is 12.8 Å². The Morgan fingerprint density at radius 1 is 1.40 bits per heavy atom. The van der Waals surface area contributed by atoms with Gasteiger partial charge >= 0.3 is 0 Å². The number of ether oxygens (including phenoxy) is 1. The summed E-state index contributed by atoms with van der Waals surface area (Å²) >= 11 is 0. The van der Waals surface area contributed by atoms with Crippen LogP contribution in [-0.4, -0.2) is 33.4 Å². The van der Waals surface area contributed by atoms with Gasteiger partial charge in [-0.2, -0.15) is 0 Å². The number of benzene rings is 1. The van der Waals surface area contributed by atoms with Crippen molar-refractivity contribution in [1.29, 1.82) is 0 Å². The molecule has 2 aromatic rings. The molecule has 7 heteroatoms. The molecule has 0 amide bonds. The minimum absolute atomic E-state index is 0.0332. The molecule has 0 saturated heterocycles. The number of halogens is 1. The molecule has 106 valence electrons. The first-order valence-corrected chi connectivity index (χ1v) is 6.56. The third kappa shape index (κ3) is 2.14. The van der Waals surface area contributed by atoms with E-state index in [2.05, 4.69) is 15.5 Å². The van der Waals surface area contributed by atoms with Crippen molar-refractivity contribution < 1.29 is 9.13 Å². The van der Waals surface area contributed by atoms with Crippen LogP contribution in [0.3, 0.4) is 0 Å². The summed E-state index contributed by atoms with van der Waals surface area (Å²) in [6.45, 7) is 0.